The number of amides is 1. The number of benzene rings is 2. The third kappa shape index (κ3) is 3.98. The molecule has 0 bridgehead atoms. The van der Waals surface area contributed by atoms with E-state index in [1.165, 1.54) is 0 Å². The largest absolute Gasteiger partial charge is 0.504 e. The molecule has 0 saturated heterocycles. The molecule has 4 N–H and O–H groups in total. The van der Waals surface area contributed by atoms with Crippen molar-refractivity contribution < 1.29 is 15.0 Å². The second-order valence-corrected chi connectivity index (χ2v) is 6.49. The number of fused-ring (bicyclic) bond motifs is 1. The number of halogens is 2. The zero-order valence-electron chi connectivity index (χ0n) is 14.4. The summed E-state index contributed by atoms with van der Waals surface area (Å²) in [6.45, 7) is 3.90. The number of phenols is 2. The van der Waals surface area contributed by atoms with Gasteiger partial charge in [-0.15, -0.1) is 17.0 Å². The topological polar surface area (TPSA) is 81.6 Å². The smallest absolute Gasteiger partial charge is 0.251 e. The summed E-state index contributed by atoms with van der Waals surface area (Å²) in [6, 6.07) is 9.03. The number of carbonyl (C=O) groups excluding carboxylic acids is 1. The molecule has 5 nitrogen and oxygen atoms in total. The number of hydrogen-bond acceptors (Lipinski definition) is 4. The van der Waals surface area contributed by atoms with Crippen LogP contribution in [0.1, 0.15) is 39.9 Å². The van der Waals surface area contributed by atoms with Crippen LogP contribution in [0.25, 0.3) is 0 Å². The molecule has 0 fully saturated rings. The lowest BCUT2D eigenvalue weighted by Crippen LogP contribution is -2.23. The predicted molar refractivity (Wildman–Crippen MR) is 108 cm³/mol. The van der Waals surface area contributed by atoms with Crippen LogP contribution in [0.3, 0.4) is 0 Å². The maximum absolute atomic E-state index is 11.9. The molecule has 0 saturated carbocycles. The highest BCUT2D eigenvalue weighted by Gasteiger charge is 2.25. The van der Waals surface area contributed by atoms with Gasteiger partial charge in [0.1, 0.15) is 0 Å². The van der Waals surface area contributed by atoms with E-state index in [0.29, 0.717) is 25.1 Å². The molecule has 140 valence electrons. The monoisotopic (exact) mass is 440 g/mol. The molecule has 1 aliphatic heterocycles. The molecule has 1 atom stereocenters. The van der Waals surface area contributed by atoms with Crippen molar-refractivity contribution in [2.24, 2.45) is 0 Å². The standard InChI is InChI=1S/C19H21ClN2O3.BrH/c1-2-22-19(25)12-5-3-11(4-6-12)15-10-21-8-7-13-14(15)9-16(23)18(24)17(13)20;/h3-6,9,15,21,23-24H,2,7-8,10H2,1H3,(H,22,25);1H. The molecule has 2 aromatic rings. The van der Waals surface area contributed by atoms with Gasteiger partial charge < -0.3 is 20.8 Å². The van der Waals surface area contributed by atoms with Crippen LogP contribution >= 0.6 is 28.6 Å². The Balaban J connectivity index is 0.00000243. The summed E-state index contributed by atoms with van der Waals surface area (Å²) in [4.78, 5) is 11.9. The summed E-state index contributed by atoms with van der Waals surface area (Å²) < 4.78 is 0. The van der Waals surface area contributed by atoms with Crippen molar-refractivity contribution in [3.63, 3.8) is 0 Å². The first-order valence-corrected chi connectivity index (χ1v) is 8.72. The normalized spacial score (nSPS) is 16.2. The maximum atomic E-state index is 11.9. The lowest BCUT2D eigenvalue weighted by atomic mass is 9.87. The van der Waals surface area contributed by atoms with E-state index in [1.807, 2.05) is 19.1 Å². The molecule has 1 amide bonds. The van der Waals surface area contributed by atoms with E-state index in [0.717, 1.165) is 23.2 Å². The van der Waals surface area contributed by atoms with Crippen molar-refractivity contribution in [3.05, 3.63) is 57.6 Å². The van der Waals surface area contributed by atoms with Crippen LogP contribution in [0.5, 0.6) is 11.5 Å². The van der Waals surface area contributed by atoms with E-state index >= 15 is 0 Å². The van der Waals surface area contributed by atoms with E-state index in [-0.39, 0.29) is 45.3 Å². The van der Waals surface area contributed by atoms with E-state index in [4.69, 9.17) is 11.6 Å². The van der Waals surface area contributed by atoms with Crippen LogP contribution in [0, 0.1) is 0 Å². The molecule has 1 heterocycles. The zero-order chi connectivity index (χ0) is 18.0. The summed E-state index contributed by atoms with van der Waals surface area (Å²) in [5.74, 6) is -0.605. The SMILES string of the molecule is Br.CCNC(=O)c1ccc(C2CNCCc3c2cc(O)c(O)c3Cl)cc1. The Morgan fingerprint density at radius 1 is 1.31 bits per heavy atom. The lowest BCUT2D eigenvalue weighted by Gasteiger charge is -2.20. The highest BCUT2D eigenvalue weighted by molar-refractivity contribution is 8.93. The van der Waals surface area contributed by atoms with E-state index in [1.54, 1.807) is 18.2 Å². The summed E-state index contributed by atoms with van der Waals surface area (Å²) in [7, 11) is 0. The Kier molecular flexibility index (Phi) is 6.92. The van der Waals surface area contributed by atoms with Gasteiger partial charge in [-0.1, -0.05) is 23.7 Å². The predicted octanol–water partition coefficient (Wildman–Crippen LogP) is 3.36. The Bertz CT molecular complexity index is 796. The molecular formula is C19H22BrClN2O3. The number of nitrogens with one attached hydrogen (secondary N) is 2. The van der Waals surface area contributed by atoms with Crippen LogP contribution in [0.4, 0.5) is 0 Å². The van der Waals surface area contributed by atoms with Gasteiger partial charge in [0, 0.05) is 24.6 Å². The fraction of sp³-hybridized carbons (Fsp3) is 0.316. The van der Waals surface area contributed by atoms with Gasteiger partial charge in [-0.25, -0.2) is 0 Å². The molecule has 0 aromatic heterocycles. The molecule has 0 spiro atoms. The molecule has 1 aliphatic rings. The molecule has 2 aromatic carbocycles. The van der Waals surface area contributed by atoms with Crippen LogP contribution in [0.15, 0.2) is 30.3 Å². The van der Waals surface area contributed by atoms with Crippen molar-refractivity contribution >= 4 is 34.5 Å². The molecular weight excluding hydrogens is 420 g/mol. The Hall–Kier alpha value is -1.76. The Morgan fingerprint density at radius 3 is 2.65 bits per heavy atom. The Labute approximate surface area is 168 Å². The molecule has 26 heavy (non-hydrogen) atoms. The number of rotatable bonds is 3. The van der Waals surface area contributed by atoms with Crippen LogP contribution in [-0.4, -0.2) is 35.8 Å². The van der Waals surface area contributed by atoms with Gasteiger partial charge >= 0.3 is 0 Å². The van der Waals surface area contributed by atoms with E-state index in [9.17, 15) is 15.0 Å². The van der Waals surface area contributed by atoms with Gasteiger partial charge in [0.2, 0.25) is 0 Å². The van der Waals surface area contributed by atoms with Crippen molar-refractivity contribution in [1.82, 2.24) is 10.6 Å². The van der Waals surface area contributed by atoms with Gasteiger partial charge in [-0.2, -0.15) is 0 Å². The van der Waals surface area contributed by atoms with Crippen molar-refractivity contribution in [2.75, 3.05) is 19.6 Å². The average Bonchev–Trinajstić information content (AvgIpc) is 2.83. The summed E-state index contributed by atoms with van der Waals surface area (Å²) >= 11 is 6.25. The second-order valence-electron chi connectivity index (χ2n) is 6.11. The van der Waals surface area contributed by atoms with Gasteiger partial charge in [0.05, 0.1) is 5.02 Å². The molecule has 0 radical (unpaired) electrons. The van der Waals surface area contributed by atoms with Crippen molar-refractivity contribution in [3.8, 4) is 11.5 Å². The highest BCUT2D eigenvalue weighted by atomic mass is 79.9. The average molecular weight is 442 g/mol. The first kappa shape index (κ1) is 20.6. The minimum absolute atomic E-state index is 0. The first-order chi connectivity index (χ1) is 12.0. The summed E-state index contributed by atoms with van der Waals surface area (Å²) in [5, 5.41) is 26.2. The van der Waals surface area contributed by atoms with E-state index < -0.39 is 0 Å². The number of aromatic hydroxyl groups is 2. The molecule has 0 aliphatic carbocycles. The van der Waals surface area contributed by atoms with Crippen LogP contribution in [0.2, 0.25) is 5.02 Å². The number of carbonyl (C=O) groups is 1. The van der Waals surface area contributed by atoms with Crippen LogP contribution in [-0.2, 0) is 6.42 Å². The minimum atomic E-state index is -0.271. The fourth-order valence-corrected chi connectivity index (χ4v) is 3.55. The molecule has 1 unspecified atom stereocenters. The lowest BCUT2D eigenvalue weighted by molar-refractivity contribution is 0.0956. The van der Waals surface area contributed by atoms with Crippen LogP contribution < -0.4 is 10.6 Å². The van der Waals surface area contributed by atoms with Gasteiger partial charge in [-0.05, 0) is 54.8 Å². The quantitative estimate of drug-likeness (QED) is 0.551. The molecule has 3 rings (SSSR count). The number of phenolic OH excluding ortho intramolecular Hbond substituents is 2. The van der Waals surface area contributed by atoms with E-state index in [2.05, 4.69) is 10.6 Å². The summed E-state index contributed by atoms with van der Waals surface area (Å²) in [5.41, 5.74) is 3.37. The second kappa shape index (κ2) is 8.75. The maximum Gasteiger partial charge on any atom is 0.251 e. The summed E-state index contributed by atoms with van der Waals surface area (Å²) in [6.07, 6.45) is 0.676. The minimum Gasteiger partial charge on any atom is -0.504 e. The highest BCUT2D eigenvalue weighted by Crippen LogP contribution is 2.42. The van der Waals surface area contributed by atoms with Gasteiger partial charge in [0.25, 0.3) is 5.91 Å². The van der Waals surface area contributed by atoms with Crippen molar-refractivity contribution in [1.29, 1.82) is 0 Å². The Morgan fingerprint density at radius 2 is 2.00 bits per heavy atom. The van der Waals surface area contributed by atoms with Gasteiger partial charge in [-0.3, -0.25) is 4.79 Å². The zero-order valence-corrected chi connectivity index (χ0v) is 16.9. The third-order valence-corrected chi connectivity index (χ3v) is 4.95. The fourth-order valence-electron chi connectivity index (χ4n) is 3.25. The first-order valence-electron chi connectivity index (χ1n) is 8.35. The molecule has 7 heteroatoms. The van der Waals surface area contributed by atoms with Crippen molar-refractivity contribution in [2.45, 2.75) is 19.3 Å². The van der Waals surface area contributed by atoms with Gasteiger partial charge in [0.15, 0.2) is 11.5 Å². The number of hydrogen-bond donors (Lipinski definition) is 4. The third-order valence-electron chi connectivity index (χ3n) is 4.54.